The van der Waals surface area contributed by atoms with Gasteiger partial charge in [-0.15, -0.1) is 0 Å². The normalized spacial score (nSPS) is 32.6. The molecule has 1 atom stereocenters. The Morgan fingerprint density at radius 2 is 2.00 bits per heavy atom. The first-order chi connectivity index (χ1) is 8.60. The second kappa shape index (κ2) is 4.72. The number of hydrogen-bond acceptors (Lipinski definition) is 5. The first kappa shape index (κ1) is 12.8. The Morgan fingerprint density at radius 3 is 2.67 bits per heavy atom. The molecule has 3 aliphatic rings. The minimum atomic E-state index is -3.26. The van der Waals surface area contributed by atoms with Crippen molar-refractivity contribution in [1.29, 1.82) is 0 Å². The molecule has 3 saturated heterocycles. The van der Waals surface area contributed by atoms with Crippen LogP contribution in [0.4, 0.5) is 0 Å². The number of nitrogens with zero attached hydrogens (tertiary/aromatic N) is 1. The fourth-order valence-electron chi connectivity index (χ4n) is 2.81. The second-order valence-corrected chi connectivity index (χ2v) is 7.12. The van der Waals surface area contributed by atoms with E-state index >= 15 is 0 Å². The SMILES string of the molecule is O=S(=O)(CC1CCCO1)N1CCC2(C1)OCCO2. The lowest BCUT2D eigenvalue weighted by Gasteiger charge is -2.23. The lowest BCUT2D eigenvalue weighted by molar-refractivity contribution is -0.142. The maximum Gasteiger partial charge on any atom is 0.216 e. The average molecular weight is 277 g/mol. The molecule has 0 aromatic rings. The van der Waals surface area contributed by atoms with E-state index in [4.69, 9.17) is 14.2 Å². The van der Waals surface area contributed by atoms with E-state index in [1.165, 1.54) is 4.31 Å². The number of rotatable bonds is 3. The van der Waals surface area contributed by atoms with Gasteiger partial charge in [-0.25, -0.2) is 8.42 Å². The summed E-state index contributed by atoms with van der Waals surface area (Å²) in [6.07, 6.45) is 2.27. The van der Waals surface area contributed by atoms with Crippen LogP contribution >= 0.6 is 0 Å². The maximum absolute atomic E-state index is 12.3. The third-order valence-corrected chi connectivity index (χ3v) is 5.68. The molecule has 18 heavy (non-hydrogen) atoms. The van der Waals surface area contributed by atoms with Gasteiger partial charge in [-0.3, -0.25) is 0 Å². The van der Waals surface area contributed by atoms with Crippen molar-refractivity contribution in [3.8, 4) is 0 Å². The number of ether oxygens (including phenoxy) is 3. The summed E-state index contributed by atoms with van der Waals surface area (Å²) in [6, 6.07) is 0. The molecule has 0 aromatic heterocycles. The van der Waals surface area contributed by atoms with E-state index in [-0.39, 0.29) is 11.9 Å². The molecule has 3 fully saturated rings. The summed E-state index contributed by atoms with van der Waals surface area (Å²) in [4.78, 5) is 0. The van der Waals surface area contributed by atoms with Crippen molar-refractivity contribution >= 4 is 10.0 Å². The minimum absolute atomic E-state index is 0.0864. The Kier molecular flexibility index (Phi) is 3.36. The smallest absolute Gasteiger partial charge is 0.216 e. The molecule has 3 rings (SSSR count). The predicted molar refractivity (Wildman–Crippen MR) is 63.6 cm³/mol. The number of sulfonamides is 1. The number of hydrogen-bond donors (Lipinski definition) is 0. The molecule has 0 saturated carbocycles. The van der Waals surface area contributed by atoms with Crippen LogP contribution in [0.1, 0.15) is 19.3 Å². The third kappa shape index (κ3) is 2.42. The van der Waals surface area contributed by atoms with Gasteiger partial charge in [-0.1, -0.05) is 0 Å². The van der Waals surface area contributed by atoms with Crippen LogP contribution in [0.15, 0.2) is 0 Å². The van der Waals surface area contributed by atoms with Gasteiger partial charge in [0.15, 0.2) is 5.79 Å². The topological polar surface area (TPSA) is 65.1 Å². The standard InChI is InChI=1S/C11H19NO5S/c13-18(14,8-10-2-1-5-15-10)12-4-3-11(9-12)16-6-7-17-11/h10H,1-9H2. The minimum Gasteiger partial charge on any atom is -0.377 e. The van der Waals surface area contributed by atoms with Crippen LogP contribution in [0.3, 0.4) is 0 Å². The zero-order chi connectivity index (χ0) is 12.6. The van der Waals surface area contributed by atoms with Gasteiger partial charge in [0.2, 0.25) is 10.0 Å². The predicted octanol–water partition coefficient (Wildman–Crippen LogP) is -0.0560. The Hall–Kier alpha value is -0.210. The maximum atomic E-state index is 12.3. The van der Waals surface area contributed by atoms with Crippen molar-refractivity contribution in [3.05, 3.63) is 0 Å². The lowest BCUT2D eigenvalue weighted by Crippen LogP contribution is -2.39. The molecule has 0 aromatic carbocycles. The molecule has 104 valence electrons. The molecule has 3 heterocycles. The Labute approximate surface area is 107 Å². The fourth-order valence-corrected chi connectivity index (χ4v) is 4.51. The van der Waals surface area contributed by atoms with Gasteiger partial charge in [0.05, 0.1) is 31.6 Å². The molecular formula is C11H19NO5S. The highest BCUT2D eigenvalue weighted by molar-refractivity contribution is 7.89. The van der Waals surface area contributed by atoms with E-state index in [9.17, 15) is 8.42 Å². The molecule has 0 amide bonds. The molecule has 6 nitrogen and oxygen atoms in total. The first-order valence-electron chi connectivity index (χ1n) is 6.47. The van der Waals surface area contributed by atoms with Crippen molar-refractivity contribution in [1.82, 2.24) is 4.31 Å². The van der Waals surface area contributed by atoms with Crippen LogP contribution in [0.5, 0.6) is 0 Å². The summed E-state index contributed by atoms with van der Waals surface area (Å²) >= 11 is 0. The fraction of sp³-hybridized carbons (Fsp3) is 1.00. The lowest BCUT2D eigenvalue weighted by atomic mass is 10.2. The van der Waals surface area contributed by atoms with Crippen LogP contribution in [0.25, 0.3) is 0 Å². The molecule has 7 heteroatoms. The second-order valence-electron chi connectivity index (χ2n) is 5.10. The Bertz CT molecular complexity index is 398. The van der Waals surface area contributed by atoms with Crippen molar-refractivity contribution in [2.45, 2.75) is 31.2 Å². The molecule has 0 bridgehead atoms. The van der Waals surface area contributed by atoms with Gasteiger partial charge in [0.25, 0.3) is 0 Å². The highest BCUT2D eigenvalue weighted by Gasteiger charge is 2.47. The molecular weight excluding hydrogens is 258 g/mol. The molecule has 0 N–H and O–H groups in total. The van der Waals surface area contributed by atoms with E-state index in [0.717, 1.165) is 12.8 Å². The zero-order valence-corrected chi connectivity index (χ0v) is 11.2. The van der Waals surface area contributed by atoms with Crippen LogP contribution in [-0.4, -0.2) is 63.3 Å². The van der Waals surface area contributed by atoms with Gasteiger partial charge < -0.3 is 14.2 Å². The summed E-state index contributed by atoms with van der Waals surface area (Å²) in [5.41, 5.74) is 0. The van der Waals surface area contributed by atoms with E-state index < -0.39 is 15.8 Å². The highest BCUT2D eigenvalue weighted by Crippen LogP contribution is 2.32. The van der Waals surface area contributed by atoms with Crippen molar-refractivity contribution < 1.29 is 22.6 Å². The van der Waals surface area contributed by atoms with E-state index in [1.54, 1.807) is 0 Å². The highest BCUT2D eigenvalue weighted by atomic mass is 32.2. The van der Waals surface area contributed by atoms with Crippen molar-refractivity contribution in [2.24, 2.45) is 0 Å². The Balaban J connectivity index is 1.63. The first-order valence-corrected chi connectivity index (χ1v) is 8.08. The van der Waals surface area contributed by atoms with Gasteiger partial charge in [-0.05, 0) is 12.8 Å². The van der Waals surface area contributed by atoms with Gasteiger partial charge >= 0.3 is 0 Å². The van der Waals surface area contributed by atoms with Crippen LogP contribution < -0.4 is 0 Å². The largest absolute Gasteiger partial charge is 0.377 e. The average Bonchev–Trinajstić information content (AvgIpc) is 3.03. The van der Waals surface area contributed by atoms with E-state index in [1.807, 2.05) is 0 Å². The summed E-state index contributed by atoms with van der Waals surface area (Å²) in [7, 11) is -3.26. The summed E-state index contributed by atoms with van der Waals surface area (Å²) in [5, 5.41) is 0. The van der Waals surface area contributed by atoms with E-state index in [0.29, 0.717) is 39.3 Å². The van der Waals surface area contributed by atoms with Gasteiger partial charge in [0, 0.05) is 19.6 Å². The summed E-state index contributed by atoms with van der Waals surface area (Å²) in [6.45, 7) is 2.59. The van der Waals surface area contributed by atoms with Crippen LogP contribution in [0.2, 0.25) is 0 Å². The Morgan fingerprint density at radius 1 is 1.22 bits per heavy atom. The quantitative estimate of drug-likeness (QED) is 0.723. The molecule has 3 aliphatic heterocycles. The molecule has 0 radical (unpaired) electrons. The van der Waals surface area contributed by atoms with Crippen molar-refractivity contribution in [2.75, 3.05) is 38.7 Å². The van der Waals surface area contributed by atoms with E-state index in [2.05, 4.69) is 0 Å². The zero-order valence-electron chi connectivity index (χ0n) is 10.3. The third-order valence-electron chi connectivity index (χ3n) is 3.79. The molecule has 1 unspecified atom stereocenters. The molecule has 1 spiro atoms. The van der Waals surface area contributed by atoms with Gasteiger partial charge in [0.1, 0.15) is 0 Å². The monoisotopic (exact) mass is 277 g/mol. The van der Waals surface area contributed by atoms with Crippen LogP contribution in [-0.2, 0) is 24.2 Å². The van der Waals surface area contributed by atoms with Gasteiger partial charge in [-0.2, -0.15) is 4.31 Å². The van der Waals surface area contributed by atoms with Crippen molar-refractivity contribution in [3.63, 3.8) is 0 Å². The molecule has 0 aliphatic carbocycles. The summed E-state index contributed by atoms with van der Waals surface area (Å²) in [5.74, 6) is -0.591. The van der Waals surface area contributed by atoms with Crippen LogP contribution in [0, 0.1) is 0 Å². The summed E-state index contributed by atoms with van der Waals surface area (Å²) < 4.78 is 42.5.